The second-order valence-electron chi connectivity index (χ2n) is 5.84. The maximum absolute atomic E-state index is 6.01. The molecule has 4 rings (SSSR count). The van der Waals surface area contributed by atoms with Gasteiger partial charge in [0.2, 0.25) is 0 Å². The quantitative estimate of drug-likeness (QED) is 0.859. The average molecular weight is 272 g/mol. The molecule has 2 aliphatic rings. The van der Waals surface area contributed by atoms with Crippen LogP contribution >= 0.6 is 0 Å². The summed E-state index contributed by atoms with van der Waals surface area (Å²) in [7, 11) is 1.70. The second kappa shape index (κ2) is 4.42. The van der Waals surface area contributed by atoms with Gasteiger partial charge in [0, 0.05) is 23.7 Å². The molecule has 1 unspecified atom stereocenters. The molecule has 0 saturated carbocycles. The highest BCUT2D eigenvalue weighted by molar-refractivity contribution is 5.89. The van der Waals surface area contributed by atoms with E-state index in [2.05, 4.69) is 28.5 Å². The number of hydrogen-bond donors (Lipinski definition) is 0. The molecule has 1 fully saturated rings. The highest BCUT2D eigenvalue weighted by atomic mass is 16.5. The fraction of sp³-hybridized carbons (Fsp3) is 0.500. The monoisotopic (exact) mass is 272 g/mol. The van der Waals surface area contributed by atoms with Crippen molar-refractivity contribution in [1.29, 1.82) is 0 Å². The van der Waals surface area contributed by atoms with Crippen molar-refractivity contribution in [3.8, 4) is 11.5 Å². The van der Waals surface area contributed by atoms with Crippen LogP contribution < -0.4 is 9.47 Å². The molecule has 0 aliphatic carbocycles. The Morgan fingerprint density at radius 1 is 1.30 bits per heavy atom. The maximum atomic E-state index is 6.01. The standard InChI is InChI=1S/C16H20N2O2/c1-11-6-12-7-14(19-2)8-15-16(12)18(11)13(10-20-15)9-17-4-3-5-17/h6-8,13H,3-5,9-10H2,1-2H3. The number of rotatable bonds is 3. The van der Waals surface area contributed by atoms with Crippen LogP contribution in [0.3, 0.4) is 0 Å². The topological polar surface area (TPSA) is 26.6 Å². The molecule has 1 atom stereocenters. The normalized spacial score (nSPS) is 21.6. The minimum absolute atomic E-state index is 0.425. The number of benzene rings is 1. The van der Waals surface area contributed by atoms with Crippen LogP contribution in [0, 0.1) is 6.92 Å². The van der Waals surface area contributed by atoms with Crippen LogP contribution in [0.25, 0.3) is 10.9 Å². The first-order valence-corrected chi connectivity index (χ1v) is 7.31. The van der Waals surface area contributed by atoms with Gasteiger partial charge in [0.1, 0.15) is 18.1 Å². The Morgan fingerprint density at radius 3 is 2.85 bits per heavy atom. The molecule has 3 heterocycles. The minimum Gasteiger partial charge on any atom is -0.497 e. The van der Waals surface area contributed by atoms with Crippen molar-refractivity contribution in [3.63, 3.8) is 0 Å². The zero-order valence-electron chi connectivity index (χ0n) is 12.1. The molecule has 2 aliphatic heterocycles. The van der Waals surface area contributed by atoms with Crippen LogP contribution in [0.15, 0.2) is 18.2 Å². The van der Waals surface area contributed by atoms with E-state index in [1.807, 2.05) is 6.07 Å². The highest BCUT2D eigenvalue weighted by Crippen LogP contribution is 2.39. The van der Waals surface area contributed by atoms with Crippen LogP contribution in [0.4, 0.5) is 0 Å². The fourth-order valence-corrected chi connectivity index (χ4v) is 3.40. The van der Waals surface area contributed by atoms with Gasteiger partial charge in [0.15, 0.2) is 0 Å². The first-order chi connectivity index (χ1) is 9.76. The van der Waals surface area contributed by atoms with E-state index in [0.29, 0.717) is 6.04 Å². The minimum atomic E-state index is 0.425. The van der Waals surface area contributed by atoms with Gasteiger partial charge < -0.3 is 18.9 Å². The summed E-state index contributed by atoms with van der Waals surface area (Å²) in [4.78, 5) is 2.51. The van der Waals surface area contributed by atoms with Crippen LogP contribution in [0.2, 0.25) is 0 Å². The summed E-state index contributed by atoms with van der Waals surface area (Å²) < 4.78 is 13.8. The van der Waals surface area contributed by atoms with Gasteiger partial charge in [0.05, 0.1) is 18.7 Å². The van der Waals surface area contributed by atoms with Gasteiger partial charge in [-0.1, -0.05) is 0 Å². The molecule has 1 aromatic carbocycles. The lowest BCUT2D eigenvalue weighted by atomic mass is 10.1. The van der Waals surface area contributed by atoms with E-state index in [-0.39, 0.29) is 0 Å². The average Bonchev–Trinajstić information content (AvgIpc) is 2.74. The van der Waals surface area contributed by atoms with Crippen molar-refractivity contribution >= 4 is 10.9 Å². The molecule has 4 nitrogen and oxygen atoms in total. The van der Waals surface area contributed by atoms with Gasteiger partial charge in [-0.3, -0.25) is 0 Å². The molecular weight excluding hydrogens is 252 g/mol. The van der Waals surface area contributed by atoms with Crippen molar-refractivity contribution in [2.24, 2.45) is 0 Å². The summed E-state index contributed by atoms with van der Waals surface area (Å²) in [6.07, 6.45) is 1.33. The molecule has 2 aromatic rings. The summed E-state index contributed by atoms with van der Waals surface area (Å²) in [5, 5.41) is 1.21. The third-order valence-corrected chi connectivity index (χ3v) is 4.51. The molecule has 0 amide bonds. The molecule has 0 N–H and O–H groups in total. The van der Waals surface area contributed by atoms with Gasteiger partial charge in [0.25, 0.3) is 0 Å². The van der Waals surface area contributed by atoms with Crippen molar-refractivity contribution in [2.75, 3.05) is 33.4 Å². The van der Waals surface area contributed by atoms with E-state index in [1.54, 1.807) is 7.11 Å². The molecule has 0 spiro atoms. The van der Waals surface area contributed by atoms with Gasteiger partial charge in [-0.25, -0.2) is 0 Å². The zero-order chi connectivity index (χ0) is 13.7. The molecule has 4 heteroatoms. The van der Waals surface area contributed by atoms with Crippen LogP contribution in [-0.2, 0) is 0 Å². The first-order valence-electron chi connectivity index (χ1n) is 7.31. The van der Waals surface area contributed by atoms with Crippen molar-refractivity contribution in [2.45, 2.75) is 19.4 Å². The molecule has 20 heavy (non-hydrogen) atoms. The molecule has 1 saturated heterocycles. The smallest absolute Gasteiger partial charge is 0.147 e. The first kappa shape index (κ1) is 12.1. The lowest BCUT2D eigenvalue weighted by molar-refractivity contribution is 0.123. The van der Waals surface area contributed by atoms with E-state index in [1.165, 1.54) is 36.1 Å². The van der Waals surface area contributed by atoms with E-state index < -0.39 is 0 Å². The molecule has 106 valence electrons. The van der Waals surface area contributed by atoms with E-state index in [0.717, 1.165) is 24.7 Å². The number of aromatic nitrogens is 1. The Labute approximate surface area is 118 Å². The van der Waals surface area contributed by atoms with Crippen LogP contribution in [0.1, 0.15) is 18.2 Å². The molecule has 0 bridgehead atoms. The Balaban J connectivity index is 1.80. The maximum Gasteiger partial charge on any atom is 0.147 e. The lowest BCUT2D eigenvalue weighted by Gasteiger charge is -2.37. The highest BCUT2D eigenvalue weighted by Gasteiger charge is 2.28. The SMILES string of the molecule is COc1cc2c3c(c1)cc(C)n3C(CN1CCC1)CO2. The number of nitrogens with zero attached hydrogens (tertiary/aromatic N) is 2. The summed E-state index contributed by atoms with van der Waals surface area (Å²) in [6, 6.07) is 6.75. The third kappa shape index (κ3) is 1.71. The van der Waals surface area contributed by atoms with Crippen molar-refractivity contribution in [1.82, 2.24) is 9.47 Å². The lowest BCUT2D eigenvalue weighted by Crippen LogP contribution is -2.43. The third-order valence-electron chi connectivity index (χ3n) is 4.51. The molecule has 0 radical (unpaired) electrons. The number of methoxy groups -OCH3 is 1. The second-order valence-corrected chi connectivity index (χ2v) is 5.84. The van der Waals surface area contributed by atoms with E-state index in [4.69, 9.17) is 9.47 Å². The Hall–Kier alpha value is -1.68. The summed E-state index contributed by atoms with van der Waals surface area (Å²) in [6.45, 7) is 6.49. The van der Waals surface area contributed by atoms with Gasteiger partial charge in [-0.2, -0.15) is 0 Å². The zero-order valence-corrected chi connectivity index (χ0v) is 12.1. The predicted octanol–water partition coefficient (Wildman–Crippen LogP) is 2.60. The Bertz CT molecular complexity index is 658. The summed E-state index contributed by atoms with van der Waals surface area (Å²) in [5.74, 6) is 1.82. The predicted molar refractivity (Wildman–Crippen MR) is 78.8 cm³/mol. The van der Waals surface area contributed by atoms with Gasteiger partial charge >= 0.3 is 0 Å². The number of likely N-dealkylation sites (tertiary alicyclic amines) is 1. The molecular formula is C16H20N2O2. The van der Waals surface area contributed by atoms with Crippen molar-refractivity contribution < 1.29 is 9.47 Å². The number of ether oxygens (including phenoxy) is 2. The van der Waals surface area contributed by atoms with Crippen molar-refractivity contribution in [3.05, 3.63) is 23.9 Å². The summed E-state index contributed by atoms with van der Waals surface area (Å²) in [5.41, 5.74) is 2.53. The molecule has 1 aromatic heterocycles. The Kier molecular flexibility index (Phi) is 2.67. The summed E-state index contributed by atoms with van der Waals surface area (Å²) >= 11 is 0. The van der Waals surface area contributed by atoms with E-state index in [9.17, 15) is 0 Å². The van der Waals surface area contributed by atoms with Crippen LogP contribution in [-0.4, -0.2) is 42.8 Å². The largest absolute Gasteiger partial charge is 0.497 e. The van der Waals surface area contributed by atoms with Crippen LogP contribution in [0.5, 0.6) is 11.5 Å². The number of aryl methyl sites for hydroxylation is 1. The Morgan fingerprint density at radius 2 is 2.15 bits per heavy atom. The van der Waals surface area contributed by atoms with Gasteiger partial charge in [-0.05, 0) is 38.6 Å². The van der Waals surface area contributed by atoms with Gasteiger partial charge in [-0.15, -0.1) is 0 Å². The van der Waals surface area contributed by atoms with E-state index >= 15 is 0 Å². The fourth-order valence-electron chi connectivity index (χ4n) is 3.40. The number of hydrogen-bond acceptors (Lipinski definition) is 3.